The van der Waals surface area contributed by atoms with Crippen molar-refractivity contribution in [3.63, 3.8) is 0 Å². The molecule has 0 aromatic heterocycles. The molecule has 0 spiro atoms. The maximum absolute atomic E-state index is 12.6. The number of benzene rings is 1. The molecule has 1 aromatic carbocycles. The Morgan fingerprint density at radius 2 is 1.90 bits per heavy atom. The second kappa shape index (κ2) is 6.59. The number of nitrogens with one attached hydrogen (secondary N) is 1. The van der Waals surface area contributed by atoms with E-state index in [0.717, 1.165) is 31.5 Å². The molecule has 1 saturated heterocycles. The summed E-state index contributed by atoms with van der Waals surface area (Å²) in [6, 6.07) is 7.05. The fraction of sp³-hybridized carbons (Fsp3) is 0.600. The van der Waals surface area contributed by atoms with Crippen molar-refractivity contribution in [1.82, 2.24) is 4.31 Å². The van der Waals surface area contributed by atoms with Crippen LogP contribution in [-0.4, -0.2) is 32.4 Å². The summed E-state index contributed by atoms with van der Waals surface area (Å²) in [5.41, 5.74) is 0.955. The molecule has 4 nitrogen and oxygen atoms in total. The maximum atomic E-state index is 12.6. The molecule has 5 heteroatoms. The summed E-state index contributed by atoms with van der Waals surface area (Å²) in [7, 11) is -3.33. The van der Waals surface area contributed by atoms with Gasteiger partial charge in [-0.1, -0.05) is 6.92 Å². The SMILES string of the molecule is CCNc1ccc(S(=O)(=O)N2CCCC(C)CC2)cc1. The van der Waals surface area contributed by atoms with Gasteiger partial charge in [-0.05, 0) is 56.4 Å². The molecule has 0 radical (unpaired) electrons. The second-order valence-corrected chi connectivity index (χ2v) is 7.43. The highest BCUT2D eigenvalue weighted by molar-refractivity contribution is 7.89. The molecule has 1 fully saturated rings. The van der Waals surface area contributed by atoms with Crippen LogP contribution in [0.2, 0.25) is 0 Å². The van der Waals surface area contributed by atoms with E-state index < -0.39 is 10.0 Å². The summed E-state index contributed by atoms with van der Waals surface area (Å²) < 4.78 is 26.9. The highest BCUT2D eigenvalue weighted by Gasteiger charge is 2.26. The van der Waals surface area contributed by atoms with Gasteiger partial charge in [0.1, 0.15) is 0 Å². The van der Waals surface area contributed by atoms with Crippen LogP contribution in [0.5, 0.6) is 0 Å². The molecule has 20 heavy (non-hydrogen) atoms. The van der Waals surface area contributed by atoms with Crippen LogP contribution in [0.25, 0.3) is 0 Å². The van der Waals surface area contributed by atoms with E-state index in [-0.39, 0.29) is 0 Å². The quantitative estimate of drug-likeness (QED) is 0.929. The molecule has 1 aliphatic heterocycles. The lowest BCUT2D eigenvalue weighted by atomic mass is 10.0. The predicted octanol–water partition coefficient (Wildman–Crippen LogP) is 2.93. The Labute approximate surface area is 122 Å². The molecule has 0 aliphatic carbocycles. The number of hydrogen-bond donors (Lipinski definition) is 1. The van der Waals surface area contributed by atoms with E-state index in [4.69, 9.17) is 0 Å². The maximum Gasteiger partial charge on any atom is 0.243 e. The molecule has 1 N–H and O–H groups in total. The highest BCUT2D eigenvalue weighted by Crippen LogP contribution is 2.23. The lowest BCUT2D eigenvalue weighted by Gasteiger charge is -2.20. The number of hydrogen-bond acceptors (Lipinski definition) is 3. The molecule has 0 bridgehead atoms. The van der Waals surface area contributed by atoms with Gasteiger partial charge < -0.3 is 5.32 Å². The molecule has 0 amide bonds. The van der Waals surface area contributed by atoms with Gasteiger partial charge in [0.25, 0.3) is 0 Å². The fourth-order valence-electron chi connectivity index (χ4n) is 2.57. The van der Waals surface area contributed by atoms with Crippen molar-refractivity contribution in [2.75, 3.05) is 25.0 Å². The van der Waals surface area contributed by atoms with Crippen LogP contribution in [0.15, 0.2) is 29.2 Å². The van der Waals surface area contributed by atoms with E-state index in [1.165, 1.54) is 0 Å². The molecule has 1 heterocycles. The standard InChI is InChI=1S/C15H24N2O2S/c1-3-16-14-6-8-15(9-7-14)20(18,19)17-11-4-5-13(2)10-12-17/h6-9,13,16H,3-5,10-12H2,1-2H3. The molecule has 1 atom stereocenters. The first-order valence-electron chi connectivity index (χ1n) is 7.38. The minimum Gasteiger partial charge on any atom is -0.385 e. The normalized spacial score (nSPS) is 21.4. The van der Waals surface area contributed by atoms with E-state index in [2.05, 4.69) is 12.2 Å². The zero-order valence-electron chi connectivity index (χ0n) is 12.3. The number of nitrogens with zero attached hydrogens (tertiary/aromatic N) is 1. The third-order valence-corrected chi connectivity index (χ3v) is 5.76. The fourth-order valence-corrected chi connectivity index (χ4v) is 4.07. The van der Waals surface area contributed by atoms with Gasteiger partial charge in [0.15, 0.2) is 0 Å². The molecule has 0 saturated carbocycles. The van der Waals surface area contributed by atoms with Gasteiger partial charge in [-0.25, -0.2) is 8.42 Å². The topological polar surface area (TPSA) is 49.4 Å². The molecular formula is C15H24N2O2S. The first-order chi connectivity index (χ1) is 9.54. The second-order valence-electron chi connectivity index (χ2n) is 5.49. The Hall–Kier alpha value is -1.07. The van der Waals surface area contributed by atoms with Gasteiger partial charge in [-0.2, -0.15) is 4.31 Å². The van der Waals surface area contributed by atoms with E-state index in [0.29, 0.717) is 23.9 Å². The molecule has 1 unspecified atom stereocenters. The molecule has 1 aromatic rings. The summed E-state index contributed by atoms with van der Waals surface area (Å²) in [5, 5.41) is 3.17. The van der Waals surface area contributed by atoms with Gasteiger partial charge >= 0.3 is 0 Å². The van der Waals surface area contributed by atoms with Crippen molar-refractivity contribution in [1.29, 1.82) is 0 Å². The average Bonchev–Trinajstić information content (AvgIpc) is 2.65. The van der Waals surface area contributed by atoms with E-state index in [9.17, 15) is 8.42 Å². The van der Waals surface area contributed by atoms with Crippen LogP contribution in [0.3, 0.4) is 0 Å². The van der Waals surface area contributed by atoms with Gasteiger partial charge in [-0.3, -0.25) is 0 Å². The van der Waals surface area contributed by atoms with Gasteiger partial charge in [0.2, 0.25) is 10.0 Å². The van der Waals surface area contributed by atoms with Crippen LogP contribution >= 0.6 is 0 Å². The van der Waals surface area contributed by atoms with E-state index in [1.807, 2.05) is 19.1 Å². The van der Waals surface area contributed by atoms with E-state index in [1.54, 1.807) is 16.4 Å². The van der Waals surface area contributed by atoms with Crippen LogP contribution < -0.4 is 5.32 Å². The van der Waals surface area contributed by atoms with Gasteiger partial charge in [0.05, 0.1) is 4.90 Å². The summed E-state index contributed by atoms with van der Waals surface area (Å²) in [6.07, 6.45) is 3.02. The van der Waals surface area contributed by atoms with Crippen LogP contribution in [0, 0.1) is 5.92 Å². The van der Waals surface area contributed by atoms with Crippen molar-refractivity contribution in [2.45, 2.75) is 38.0 Å². The Morgan fingerprint density at radius 1 is 1.20 bits per heavy atom. The Balaban J connectivity index is 2.16. The smallest absolute Gasteiger partial charge is 0.243 e. The number of rotatable bonds is 4. The summed E-state index contributed by atoms with van der Waals surface area (Å²) in [4.78, 5) is 0.397. The van der Waals surface area contributed by atoms with Crippen LogP contribution in [-0.2, 0) is 10.0 Å². The lowest BCUT2D eigenvalue weighted by molar-refractivity contribution is 0.417. The summed E-state index contributed by atoms with van der Waals surface area (Å²) in [5.74, 6) is 0.617. The zero-order chi connectivity index (χ0) is 14.6. The number of sulfonamides is 1. The largest absolute Gasteiger partial charge is 0.385 e. The first kappa shape index (κ1) is 15.3. The minimum atomic E-state index is -3.33. The summed E-state index contributed by atoms with van der Waals surface area (Å²) in [6.45, 7) is 6.32. The Kier molecular flexibility index (Phi) is 5.05. The Morgan fingerprint density at radius 3 is 2.55 bits per heavy atom. The van der Waals surface area contributed by atoms with Crippen molar-refractivity contribution in [3.05, 3.63) is 24.3 Å². The zero-order valence-corrected chi connectivity index (χ0v) is 13.1. The summed E-state index contributed by atoms with van der Waals surface area (Å²) >= 11 is 0. The van der Waals surface area contributed by atoms with Crippen LogP contribution in [0.4, 0.5) is 5.69 Å². The third kappa shape index (κ3) is 3.52. The van der Waals surface area contributed by atoms with Crippen LogP contribution in [0.1, 0.15) is 33.1 Å². The average molecular weight is 296 g/mol. The van der Waals surface area contributed by atoms with Crippen molar-refractivity contribution < 1.29 is 8.42 Å². The molecular weight excluding hydrogens is 272 g/mol. The highest BCUT2D eigenvalue weighted by atomic mass is 32.2. The first-order valence-corrected chi connectivity index (χ1v) is 8.82. The monoisotopic (exact) mass is 296 g/mol. The molecule has 2 rings (SSSR count). The van der Waals surface area contributed by atoms with Crippen molar-refractivity contribution in [3.8, 4) is 0 Å². The van der Waals surface area contributed by atoms with E-state index >= 15 is 0 Å². The van der Waals surface area contributed by atoms with Gasteiger partial charge in [0, 0.05) is 25.3 Å². The minimum absolute atomic E-state index is 0.397. The third-order valence-electron chi connectivity index (χ3n) is 3.85. The van der Waals surface area contributed by atoms with Gasteiger partial charge in [-0.15, -0.1) is 0 Å². The number of anilines is 1. The lowest BCUT2D eigenvalue weighted by Crippen LogP contribution is -2.32. The van der Waals surface area contributed by atoms with Crippen molar-refractivity contribution in [2.24, 2.45) is 5.92 Å². The Bertz CT molecular complexity index is 525. The molecule has 1 aliphatic rings. The molecule has 112 valence electrons. The predicted molar refractivity (Wildman–Crippen MR) is 82.4 cm³/mol. The van der Waals surface area contributed by atoms with Crippen molar-refractivity contribution >= 4 is 15.7 Å².